The summed E-state index contributed by atoms with van der Waals surface area (Å²) in [4.78, 5) is 21.5. The maximum atomic E-state index is 13.2. The second-order valence-electron chi connectivity index (χ2n) is 3.76. The Morgan fingerprint density at radius 3 is 2.61 bits per heavy atom. The largest absolute Gasteiger partial charge is 0.355 e. The Labute approximate surface area is 105 Å². The Hall–Kier alpha value is -2.11. The quantitative estimate of drug-likeness (QED) is 0.646. The van der Waals surface area contributed by atoms with Gasteiger partial charge >= 0.3 is 6.03 Å². The number of hydrogen-bond acceptors (Lipinski definition) is 2. The Balaban J connectivity index is 2.17. The van der Waals surface area contributed by atoms with Crippen molar-refractivity contribution in [1.29, 1.82) is 0 Å². The van der Waals surface area contributed by atoms with Crippen molar-refractivity contribution >= 4 is 11.9 Å². The third-order valence-corrected chi connectivity index (χ3v) is 2.33. The molecule has 1 aromatic carbocycles. The zero-order valence-electron chi connectivity index (χ0n) is 9.91. The van der Waals surface area contributed by atoms with Crippen LogP contribution in [0, 0.1) is 5.82 Å². The fourth-order valence-electron chi connectivity index (χ4n) is 1.44. The van der Waals surface area contributed by atoms with E-state index in [1.54, 1.807) is 18.2 Å². The van der Waals surface area contributed by atoms with E-state index in [1.165, 1.54) is 6.07 Å². The van der Waals surface area contributed by atoms with Gasteiger partial charge in [0.05, 0.1) is 6.54 Å². The highest BCUT2D eigenvalue weighted by atomic mass is 19.1. The summed E-state index contributed by atoms with van der Waals surface area (Å²) >= 11 is 0. The summed E-state index contributed by atoms with van der Waals surface area (Å²) in [7, 11) is 0. The summed E-state index contributed by atoms with van der Waals surface area (Å²) in [5.74, 6) is -0.554. The molecule has 6 heteroatoms. The number of hydrogen-bond donors (Lipinski definition) is 3. The molecule has 0 aliphatic carbocycles. The molecule has 0 aliphatic rings. The highest BCUT2D eigenvalue weighted by molar-refractivity contribution is 5.83. The van der Waals surface area contributed by atoms with Crippen LogP contribution in [0.3, 0.4) is 0 Å². The molecule has 0 heterocycles. The van der Waals surface area contributed by atoms with Gasteiger partial charge in [0.15, 0.2) is 0 Å². The molecule has 0 spiro atoms. The van der Waals surface area contributed by atoms with Crippen LogP contribution in [0.4, 0.5) is 9.18 Å². The molecule has 0 bridgehead atoms. The van der Waals surface area contributed by atoms with Gasteiger partial charge in [0.25, 0.3) is 0 Å². The van der Waals surface area contributed by atoms with E-state index >= 15 is 0 Å². The van der Waals surface area contributed by atoms with Gasteiger partial charge in [-0.3, -0.25) is 4.79 Å². The van der Waals surface area contributed by atoms with Crippen LogP contribution in [0.15, 0.2) is 24.3 Å². The molecule has 1 aromatic rings. The topological polar surface area (TPSA) is 84.2 Å². The molecule has 0 unspecified atom stereocenters. The first kappa shape index (κ1) is 14.0. The molecule has 0 aromatic heterocycles. The lowest BCUT2D eigenvalue weighted by molar-refractivity contribution is -0.120. The van der Waals surface area contributed by atoms with Gasteiger partial charge < -0.3 is 16.4 Å². The third-order valence-electron chi connectivity index (χ3n) is 2.33. The molecule has 3 amide bonds. The molecular weight excluding hydrogens is 237 g/mol. The van der Waals surface area contributed by atoms with Crippen molar-refractivity contribution in [3.8, 4) is 0 Å². The van der Waals surface area contributed by atoms with Gasteiger partial charge in [-0.05, 0) is 24.5 Å². The van der Waals surface area contributed by atoms with Crippen molar-refractivity contribution in [1.82, 2.24) is 10.6 Å². The highest BCUT2D eigenvalue weighted by Gasteiger charge is 2.03. The van der Waals surface area contributed by atoms with Crippen molar-refractivity contribution in [2.45, 2.75) is 12.8 Å². The van der Waals surface area contributed by atoms with Crippen LogP contribution >= 0.6 is 0 Å². The van der Waals surface area contributed by atoms with Crippen LogP contribution in [0.2, 0.25) is 0 Å². The van der Waals surface area contributed by atoms with Gasteiger partial charge in [-0.25, -0.2) is 9.18 Å². The lowest BCUT2D eigenvalue weighted by atomic mass is 10.1. The van der Waals surface area contributed by atoms with Gasteiger partial charge in [0.2, 0.25) is 5.91 Å². The van der Waals surface area contributed by atoms with E-state index in [2.05, 4.69) is 10.6 Å². The summed E-state index contributed by atoms with van der Waals surface area (Å²) in [6, 6.07) is 5.79. The normalized spacial score (nSPS) is 9.83. The molecule has 0 fully saturated rings. The fourth-order valence-corrected chi connectivity index (χ4v) is 1.44. The number of nitrogens with one attached hydrogen (secondary N) is 2. The Bertz CT molecular complexity index is 424. The van der Waals surface area contributed by atoms with E-state index < -0.39 is 6.03 Å². The molecule has 18 heavy (non-hydrogen) atoms. The van der Waals surface area contributed by atoms with Crippen LogP contribution < -0.4 is 16.4 Å². The molecule has 1 rings (SSSR count). The van der Waals surface area contributed by atoms with Crippen LogP contribution in [0.5, 0.6) is 0 Å². The molecule has 0 aliphatic heterocycles. The molecular formula is C12H16FN3O2. The number of primary amides is 1. The Kier molecular flexibility index (Phi) is 5.63. The second kappa shape index (κ2) is 7.26. The number of aryl methyl sites for hydroxylation is 1. The van der Waals surface area contributed by atoms with Crippen LogP contribution in [0.1, 0.15) is 12.0 Å². The van der Waals surface area contributed by atoms with Gasteiger partial charge in [0.1, 0.15) is 5.82 Å². The molecule has 0 radical (unpaired) electrons. The number of amides is 3. The van der Waals surface area contributed by atoms with Crippen molar-refractivity contribution in [3.05, 3.63) is 35.6 Å². The molecule has 4 N–H and O–H groups in total. The number of halogens is 1. The number of nitrogens with two attached hydrogens (primary N) is 1. The Morgan fingerprint density at radius 2 is 1.94 bits per heavy atom. The average Bonchev–Trinajstić information content (AvgIpc) is 2.34. The van der Waals surface area contributed by atoms with Crippen molar-refractivity contribution in [3.63, 3.8) is 0 Å². The molecule has 0 saturated carbocycles. The lowest BCUT2D eigenvalue weighted by Crippen LogP contribution is -2.39. The summed E-state index contributed by atoms with van der Waals surface area (Å²) in [6.07, 6.45) is 1.18. The van der Waals surface area contributed by atoms with E-state index in [0.717, 1.165) is 0 Å². The minimum Gasteiger partial charge on any atom is -0.355 e. The van der Waals surface area contributed by atoms with Gasteiger partial charge in [-0.2, -0.15) is 0 Å². The summed E-state index contributed by atoms with van der Waals surface area (Å²) in [5, 5.41) is 4.78. The van der Waals surface area contributed by atoms with E-state index in [-0.39, 0.29) is 18.3 Å². The number of urea groups is 1. The standard InChI is InChI=1S/C12H16FN3O2/c13-10-6-2-1-4-9(10)5-3-7-15-11(17)8-16-12(14)18/h1-2,4,6H,3,5,7-8H2,(H,15,17)(H3,14,16,18). The van der Waals surface area contributed by atoms with Crippen LogP contribution in [-0.2, 0) is 11.2 Å². The van der Waals surface area contributed by atoms with Crippen molar-refractivity contribution < 1.29 is 14.0 Å². The summed E-state index contributed by atoms with van der Waals surface area (Å²) < 4.78 is 13.2. The molecule has 0 atom stereocenters. The molecule has 98 valence electrons. The minimum absolute atomic E-state index is 0.144. The third kappa shape index (κ3) is 5.29. The minimum atomic E-state index is -0.739. The maximum absolute atomic E-state index is 13.2. The predicted molar refractivity (Wildman–Crippen MR) is 65.3 cm³/mol. The average molecular weight is 253 g/mol. The zero-order valence-corrected chi connectivity index (χ0v) is 9.91. The van der Waals surface area contributed by atoms with Gasteiger partial charge in [0, 0.05) is 6.54 Å². The SMILES string of the molecule is NC(=O)NCC(=O)NCCCc1ccccc1F. The van der Waals surface area contributed by atoms with Crippen molar-refractivity contribution in [2.75, 3.05) is 13.1 Å². The van der Waals surface area contributed by atoms with E-state index in [1.807, 2.05) is 0 Å². The molecule has 5 nitrogen and oxygen atoms in total. The first-order valence-corrected chi connectivity index (χ1v) is 5.63. The molecule has 0 saturated heterocycles. The van der Waals surface area contributed by atoms with Crippen LogP contribution in [-0.4, -0.2) is 25.0 Å². The zero-order chi connectivity index (χ0) is 13.4. The number of carbonyl (C=O) groups excluding carboxylic acids is 2. The summed E-state index contributed by atoms with van der Waals surface area (Å²) in [6.45, 7) is 0.280. The number of benzene rings is 1. The van der Waals surface area contributed by atoms with Gasteiger partial charge in [-0.1, -0.05) is 18.2 Å². The first-order chi connectivity index (χ1) is 8.59. The predicted octanol–water partition coefficient (Wildman–Crippen LogP) is 0.543. The second-order valence-corrected chi connectivity index (χ2v) is 3.76. The monoisotopic (exact) mass is 253 g/mol. The van der Waals surface area contributed by atoms with Gasteiger partial charge in [-0.15, -0.1) is 0 Å². The smallest absolute Gasteiger partial charge is 0.312 e. The summed E-state index contributed by atoms with van der Waals surface area (Å²) in [5.41, 5.74) is 5.44. The van der Waals surface area contributed by atoms with Crippen LogP contribution in [0.25, 0.3) is 0 Å². The maximum Gasteiger partial charge on any atom is 0.312 e. The van der Waals surface area contributed by atoms with Crippen molar-refractivity contribution in [2.24, 2.45) is 5.73 Å². The fraction of sp³-hybridized carbons (Fsp3) is 0.333. The highest BCUT2D eigenvalue weighted by Crippen LogP contribution is 2.08. The van der Waals surface area contributed by atoms with E-state index in [9.17, 15) is 14.0 Å². The number of rotatable bonds is 6. The lowest BCUT2D eigenvalue weighted by Gasteiger charge is -2.06. The number of carbonyl (C=O) groups is 2. The first-order valence-electron chi connectivity index (χ1n) is 5.63. The van der Waals surface area contributed by atoms with E-state index in [4.69, 9.17) is 5.73 Å². The Morgan fingerprint density at radius 1 is 1.22 bits per heavy atom. The van der Waals surface area contributed by atoms with E-state index in [0.29, 0.717) is 24.9 Å².